The van der Waals surface area contributed by atoms with Gasteiger partial charge in [-0.25, -0.2) is 15.5 Å². The van der Waals surface area contributed by atoms with Gasteiger partial charge in [-0.15, -0.1) is 0 Å². The molecule has 1 aromatic carbocycles. The Hall–Kier alpha value is -3.09. The quantitative estimate of drug-likeness (QED) is 0.0889. The van der Waals surface area contributed by atoms with E-state index in [1.165, 1.54) is 18.2 Å². The van der Waals surface area contributed by atoms with Crippen molar-refractivity contribution in [1.82, 2.24) is 5.32 Å². The summed E-state index contributed by atoms with van der Waals surface area (Å²) in [4.78, 5) is 39.5. The number of nitrogens with two attached hydrogens (primary N) is 2. The van der Waals surface area contributed by atoms with Crippen molar-refractivity contribution >= 4 is 18.0 Å². The lowest BCUT2D eigenvalue weighted by atomic mass is 9.99. The van der Waals surface area contributed by atoms with Crippen LogP contribution in [0.3, 0.4) is 0 Å². The van der Waals surface area contributed by atoms with Crippen LogP contribution in [0.15, 0.2) is 18.2 Å². The number of primary amides is 1. The Morgan fingerprint density at radius 1 is 0.973 bits per heavy atom. The second-order valence-electron chi connectivity index (χ2n) is 7.64. The second kappa shape index (κ2) is 15.2. The largest absolute Gasteiger partial charge is 0.479 e. The molecule has 1 aliphatic heterocycles. The van der Waals surface area contributed by atoms with Crippen molar-refractivity contribution in [2.45, 2.75) is 37.3 Å². The number of hydrogen-bond acceptors (Lipinski definition) is 13. The highest BCUT2D eigenvalue weighted by molar-refractivity contribution is 5.97. The van der Waals surface area contributed by atoms with E-state index < -0.39 is 48.7 Å². The highest BCUT2D eigenvalue weighted by Crippen LogP contribution is 2.28. The normalized spacial score (nSPS) is 23.3. The first-order valence-corrected chi connectivity index (χ1v) is 11.0. The Kier molecular flexibility index (Phi) is 12.4. The molecule has 0 radical (unpaired) electrons. The first-order chi connectivity index (χ1) is 17.6. The van der Waals surface area contributed by atoms with Crippen LogP contribution in [0.5, 0.6) is 5.75 Å². The molecule has 16 heteroatoms. The van der Waals surface area contributed by atoms with Crippen LogP contribution in [0.2, 0.25) is 0 Å². The van der Waals surface area contributed by atoms with Crippen molar-refractivity contribution in [3.8, 4) is 5.75 Å². The maximum Gasteiger partial charge on any atom is 0.404 e. The predicted molar refractivity (Wildman–Crippen MR) is 120 cm³/mol. The number of amides is 2. The number of carboxylic acids is 1. The third-order valence-electron chi connectivity index (χ3n) is 4.98. The molecule has 0 unspecified atom stereocenters. The van der Waals surface area contributed by atoms with Gasteiger partial charge in [-0.05, 0) is 17.7 Å². The summed E-state index contributed by atoms with van der Waals surface area (Å²) in [6.45, 7) is 1.05. The van der Waals surface area contributed by atoms with Gasteiger partial charge in [0.25, 0.3) is 5.91 Å². The third-order valence-corrected chi connectivity index (χ3v) is 4.98. The predicted octanol–water partition coefficient (Wildman–Crippen LogP) is -2.79. The zero-order valence-corrected chi connectivity index (χ0v) is 19.7. The molecule has 2 amide bonds. The minimum atomic E-state index is -1.91. The summed E-state index contributed by atoms with van der Waals surface area (Å²) < 4.78 is 25.9. The van der Waals surface area contributed by atoms with Crippen molar-refractivity contribution in [3.05, 3.63) is 29.3 Å². The number of ether oxygens (including phenoxy) is 5. The maximum atomic E-state index is 12.9. The number of hydrogen-bond donors (Lipinski definition) is 7. The van der Waals surface area contributed by atoms with E-state index >= 15 is 0 Å². The van der Waals surface area contributed by atoms with Gasteiger partial charge in [-0.2, -0.15) is 0 Å². The average Bonchev–Trinajstić information content (AvgIpc) is 2.86. The van der Waals surface area contributed by atoms with E-state index in [4.69, 9.17) is 35.3 Å². The Morgan fingerprint density at radius 2 is 1.65 bits per heavy atom. The average molecular weight is 533 g/mol. The summed E-state index contributed by atoms with van der Waals surface area (Å²) in [5.41, 5.74) is 5.23. The number of carbonyl (C=O) groups excluding carboxylic acids is 2. The van der Waals surface area contributed by atoms with E-state index in [1.54, 1.807) is 0 Å². The van der Waals surface area contributed by atoms with Crippen molar-refractivity contribution in [2.24, 2.45) is 11.6 Å². The molecule has 208 valence electrons. The number of benzene rings is 1. The Bertz CT molecular complexity index is 902. The van der Waals surface area contributed by atoms with Crippen molar-refractivity contribution in [3.63, 3.8) is 0 Å². The molecule has 2 rings (SSSR count). The Labute approximate surface area is 210 Å². The SMILES string of the molecule is NOCCOCCOCCNC(=O)c1cc(COC(N)=O)ccc1O[C@@H]1O[C@H](C(=O)O)[C@@H](O)[C@H](O)[C@H]1O. The molecule has 37 heavy (non-hydrogen) atoms. The molecule has 5 atom stereocenters. The van der Waals surface area contributed by atoms with Crippen LogP contribution in [-0.4, -0.2) is 109 Å². The molecular weight excluding hydrogens is 502 g/mol. The van der Waals surface area contributed by atoms with Crippen molar-refractivity contribution in [1.29, 1.82) is 0 Å². The standard InChI is InChI=1S/C21H31N3O13/c22-21(31)34-10-11-1-2-13(36-20-16(27)14(25)15(26)17(37-20)19(29)30)12(9-11)18(28)24-3-4-32-5-6-33-7-8-35-23/h1-2,9,14-17,20,25-27H,3-8,10,23H2,(H2,22,31)(H,24,28)(H,29,30)/t14-,15-,16+,17-,20+/m0/s1. The molecule has 1 aliphatic rings. The van der Waals surface area contributed by atoms with Crippen LogP contribution < -0.4 is 21.7 Å². The summed E-state index contributed by atoms with van der Waals surface area (Å²) in [6, 6.07) is 4.02. The summed E-state index contributed by atoms with van der Waals surface area (Å²) in [7, 11) is 0. The molecule has 0 spiro atoms. The fourth-order valence-electron chi connectivity index (χ4n) is 3.14. The number of aliphatic hydroxyl groups excluding tert-OH is 3. The van der Waals surface area contributed by atoms with Gasteiger partial charge in [0.1, 0.15) is 30.7 Å². The van der Waals surface area contributed by atoms with E-state index in [1.807, 2.05) is 0 Å². The zero-order chi connectivity index (χ0) is 27.4. The highest BCUT2D eigenvalue weighted by Gasteiger charge is 2.48. The number of rotatable bonds is 15. The number of aliphatic carboxylic acids is 1. The van der Waals surface area contributed by atoms with Gasteiger partial charge in [-0.3, -0.25) is 4.79 Å². The van der Waals surface area contributed by atoms with E-state index in [-0.39, 0.29) is 44.3 Å². The van der Waals surface area contributed by atoms with Crippen molar-refractivity contribution < 1.29 is 63.3 Å². The van der Waals surface area contributed by atoms with Gasteiger partial charge in [0.2, 0.25) is 6.29 Å². The van der Waals surface area contributed by atoms with E-state index in [9.17, 15) is 34.8 Å². The monoisotopic (exact) mass is 533 g/mol. The lowest BCUT2D eigenvalue weighted by Gasteiger charge is -2.38. The topological polar surface area (TPSA) is 252 Å². The Morgan fingerprint density at radius 3 is 2.30 bits per heavy atom. The fourth-order valence-corrected chi connectivity index (χ4v) is 3.14. The van der Waals surface area contributed by atoms with E-state index in [2.05, 4.69) is 10.2 Å². The molecule has 1 aromatic rings. The third kappa shape index (κ3) is 9.38. The maximum absolute atomic E-state index is 12.9. The molecule has 1 heterocycles. The van der Waals surface area contributed by atoms with Gasteiger partial charge in [-0.1, -0.05) is 6.07 Å². The summed E-state index contributed by atoms with van der Waals surface area (Å²) >= 11 is 0. The smallest absolute Gasteiger partial charge is 0.404 e. The molecule has 0 saturated carbocycles. The number of carboxylic acid groups (broad SMARTS) is 1. The molecule has 1 fully saturated rings. The molecule has 9 N–H and O–H groups in total. The van der Waals surface area contributed by atoms with Gasteiger partial charge in [0.05, 0.1) is 38.6 Å². The number of carbonyl (C=O) groups is 3. The van der Waals surface area contributed by atoms with Gasteiger partial charge in [0.15, 0.2) is 6.10 Å². The minimum absolute atomic E-state index is 0.0841. The number of nitrogens with one attached hydrogen (secondary N) is 1. The molecule has 0 bridgehead atoms. The summed E-state index contributed by atoms with van der Waals surface area (Å²) in [5.74, 6) is 2.46. The van der Waals surface area contributed by atoms with Gasteiger partial charge >= 0.3 is 12.1 Å². The first kappa shape index (κ1) is 30.1. The first-order valence-electron chi connectivity index (χ1n) is 11.0. The highest BCUT2D eigenvalue weighted by atomic mass is 16.7. The second-order valence-corrected chi connectivity index (χ2v) is 7.64. The Balaban J connectivity index is 2.07. The summed E-state index contributed by atoms with van der Waals surface area (Å²) in [5, 5.41) is 41.9. The number of aliphatic hydroxyl groups is 3. The van der Waals surface area contributed by atoms with Crippen LogP contribution in [0.25, 0.3) is 0 Å². The molecule has 16 nitrogen and oxygen atoms in total. The lowest BCUT2D eigenvalue weighted by molar-refractivity contribution is -0.271. The lowest BCUT2D eigenvalue weighted by Crippen LogP contribution is -2.61. The van der Waals surface area contributed by atoms with E-state index in [0.717, 1.165) is 0 Å². The molecule has 0 aliphatic carbocycles. The van der Waals surface area contributed by atoms with Crippen LogP contribution in [0.1, 0.15) is 15.9 Å². The fraction of sp³-hybridized carbons (Fsp3) is 0.571. The van der Waals surface area contributed by atoms with Crippen LogP contribution in [0, 0.1) is 0 Å². The molecular formula is C21H31N3O13. The summed E-state index contributed by atoms with van der Waals surface area (Å²) in [6.07, 6.45) is -10.3. The van der Waals surface area contributed by atoms with Gasteiger partial charge < -0.3 is 60.0 Å². The zero-order valence-electron chi connectivity index (χ0n) is 19.7. The van der Waals surface area contributed by atoms with Crippen LogP contribution in [0.4, 0.5) is 4.79 Å². The van der Waals surface area contributed by atoms with Crippen LogP contribution in [-0.2, 0) is 35.2 Å². The van der Waals surface area contributed by atoms with Crippen molar-refractivity contribution in [2.75, 3.05) is 39.6 Å². The van der Waals surface area contributed by atoms with Crippen LogP contribution >= 0.6 is 0 Å². The minimum Gasteiger partial charge on any atom is -0.479 e. The molecule has 1 saturated heterocycles. The van der Waals surface area contributed by atoms with Gasteiger partial charge in [0, 0.05) is 6.54 Å². The molecule has 0 aromatic heterocycles. The van der Waals surface area contributed by atoms with E-state index in [0.29, 0.717) is 18.8 Å².